The van der Waals surface area contributed by atoms with E-state index in [0.717, 1.165) is 5.82 Å². The van der Waals surface area contributed by atoms with Crippen molar-refractivity contribution in [3.8, 4) is 0 Å². The number of nitrogens with zero attached hydrogens (tertiary/aromatic N) is 2. The normalized spacial score (nSPS) is 12.8. The van der Waals surface area contributed by atoms with E-state index in [1.54, 1.807) is 11.8 Å². The number of aromatic nitrogens is 2. The third-order valence-corrected chi connectivity index (χ3v) is 3.38. The number of rotatable bonds is 6. The Labute approximate surface area is 105 Å². The van der Waals surface area contributed by atoms with Gasteiger partial charge in [-0.15, -0.1) is 0 Å². The van der Waals surface area contributed by atoms with Crippen molar-refractivity contribution in [2.75, 3.05) is 12.9 Å². The van der Waals surface area contributed by atoms with Crippen LogP contribution in [0.2, 0.25) is 0 Å². The maximum atomic E-state index is 11.2. The summed E-state index contributed by atoms with van der Waals surface area (Å²) in [7, 11) is 1.40. The zero-order valence-electron chi connectivity index (χ0n) is 10.6. The van der Waals surface area contributed by atoms with Crippen LogP contribution in [0.4, 0.5) is 0 Å². The summed E-state index contributed by atoms with van der Waals surface area (Å²) < 4.78 is 9.74. The fourth-order valence-corrected chi connectivity index (χ4v) is 2.05. The average Bonchev–Trinajstić information content (AvgIpc) is 2.76. The van der Waals surface area contributed by atoms with Gasteiger partial charge < -0.3 is 9.26 Å². The number of carbonyl (C=O) groups excluding carboxylic acids is 1. The fraction of sp³-hybridized carbons (Fsp3) is 0.727. The summed E-state index contributed by atoms with van der Waals surface area (Å²) in [6.45, 7) is 5.87. The quantitative estimate of drug-likeness (QED) is 0.729. The molecular formula is C11H18N2O3S. The van der Waals surface area contributed by atoms with Crippen LogP contribution in [0.5, 0.6) is 0 Å². The van der Waals surface area contributed by atoms with Crippen LogP contribution in [0.3, 0.4) is 0 Å². The molecule has 0 bridgehead atoms. The number of ether oxygens (including phenoxy) is 1. The minimum atomic E-state index is -0.189. The van der Waals surface area contributed by atoms with Crippen LogP contribution >= 0.6 is 11.8 Å². The Morgan fingerprint density at radius 1 is 1.47 bits per heavy atom. The Morgan fingerprint density at radius 2 is 2.18 bits per heavy atom. The van der Waals surface area contributed by atoms with Crippen molar-refractivity contribution >= 4 is 17.7 Å². The zero-order valence-corrected chi connectivity index (χ0v) is 11.4. The largest absolute Gasteiger partial charge is 0.469 e. The molecule has 1 unspecified atom stereocenters. The van der Waals surface area contributed by atoms with Crippen molar-refractivity contribution in [3.63, 3.8) is 0 Å². The summed E-state index contributed by atoms with van der Waals surface area (Å²) in [4.78, 5) is 15.4. The zero-order chi connectivity index (χ0) is 12.8. The lowest BCUT2D eigenvalue weighted by molar-refractivity contribution is -0.143. The third kappa shape index (κ3) is 4.38. The van der Waals surface area contributed by atoms with Gasteiger partial charge in [-0.25, -0.2) is 0 Å². The number of carbonyl (C=O) groups is 1. The molecule has 0 aromatic carbocycles. The predicted octanol–water partition coefficient (Wildman–Crippen LogP) is 2.24. The highest BCUT2D eigenvalue weighted by molar-refractivity contribution is 7.98. The lowest BCUT2D eigenvalue weighted by atomic mass is 10.2. The van der Waals surface area contributed by atoms with Gasteiger partial charge in [-0.1, -0.05) is 25.9 Å². The second kappa shape index (κ2) is 6.64. The summed E-state index contributed by atoms with van der Waals surface area (Å²) >= 11 is 1.59. The van der Waals surface area contributed by atoms with Crippen molar-refractivity contribution in [2.24, 2.45) is 5.92 Å². The van der Waals surface area contributed by atoms with E-state index in [0.29, 0.717) is 17.4 Å². The first-order valence-corrected chi connectivity index (χ1v) is 6.68. The van der Waals surface area contributed by atoms with E-state index >= 15 is 0 Å². The van der Waals surface area contributed by atoms with Crippen molar-refractivity contribution in [2.45, 2.75) is 32.4 Å². The average molecular weight is 258 g/mol. The van der Waals surface area contributed by atoms with Crippen LogP contribution < -0.4 is 0 Å². The molecule has 0 aliphatic heterocycles. The molecule has 0 aliphatic carbocycles. The van der Waals surface area contributed by atoms with Gasteiger partial charge in [0.15, 0.2) is 5.82 Å². The van der Waals surface area contributed by atoms with Gasteiger partial charge in [0.2, 0.25) is 5.89 Å². The first-order chi connectivity index (χ1) is 8.04. The molecule has 1 rings (SSSR count). The van der Waals surface area contributed by atoms with Gasteiger partial charge >= 0.3 is 5.97 Å². The molecule has 0 saturated carbocycles. The second-order valence-corrected chi connectivity index (χ2v) is 5.17. The summed E-state index contributed by atoms with van der Waals surface area (Å²) in [6.07, 6.45) is 0. The van der Waals surface area contributed by atoms with Crippen LogP contribution in [-0.4, -0.2) is 29.0 Å². The molecule has 0 fully saturated rings. The Kier molecular flexibility index (Phi) is 5.47. The van der Waals surface area contributed by atoms with E-state index < -0.39 is 0 Å². The maximum Gasteiger partial charge on any atom is 0.309 e. The van der Waals surface area contributed by atoms with Crippen LogP contribution in [0.25, 0.3) is 0 Å². The van der Waals surface area contributed by atoms with E-state index in [4.69, 9.17) is 4.52 Å². The molecule has 1 heterocycles. The molecule has 6 heteroatoms. The second-order valence-electron chi connectivity index (χ2n) is 4.14. The van der Waals surface area contributed by atoms with Gasteiger partial charge in [-0.2, -0.15) is 16.7 Å². The first-order valence-electron chi connectivity index (χ1n) is 5.52. The monoisotopic (exact) mass is 258 g/mol. The molecule has 1 aromatic rings. The van der Waals surface area contributed by atoms with E-state index in [1.807, 2.05) is 20.8 Å². The molecule has 96 valence electrons. The van der Waals surface area contributed by atoms with Crippen LogP contribution in [-0.2, 0) is 15.3 Å². The minimum absolute atomic E-state index is 0.113. The summed E-state index contributed by atoms with van der Waals surface area (Å²) in [5.74, 6) is 2.61. The lowest BCUT2D eigenvalue weighted by Crippen LogP contribution is -2.14. The SMILES string of the molecule is COC(=O)C(C)CSCc1nc(C(C)C)no1. The molecule has 0 aliphatic rings. The number of hydrogen-bond donors (Lipinski definition) is 0. The van der Waals surface area contributed by atoms with E-state index in [9.17, 15) is 4.79 Å². The van der Waals surface area contributed by atoms with Crippen molar-refractivity contribution in [1.29, 1.82) is 0 Å². The molecule has 0 amide bonds. The van der Waals surface area contributed by atoms with Gasteiger partial charge in [-0.05, 0) is 0 Å². The van der Waals surface area contributed by atoms with Crippen molar-refractivity contribution < 1.29 is 14.1 Å². The van der Waals surface area contributed by atoms with Gasteiger partial charge in [0.1, 0.15) is 0 Å². The smallest absolute Gasteiger partial charge is 0.309 e. The number of esters is 1. The van der Waals surface area contributed by atoms with E-state index in [2.05, 4.69) is 14.9 Å². The number of hydrogen-bond acceptors (Lipinski definition) is 6. The lowest BCUT2D eigenvalue weighted by Gasteiger charge is -2.06. The fourth-order valence-electron chi connectivity index (χ4n) is 1.15. The van der Waals surface area contributed by atoms with Gasteiger partial charge in [0, 0.05) is 11.7 Å². The van der Waals surface area contributed by atoms with Gasteiger partial charge in [0.25, 0.3) is 0 Å². The van der Waals surface area contributed by atoms with Gasteiger partial charge in [0.05, 0.1) is 18.8 Å². The number of methoxy groups -OCH3 is 1. The van der Waals surface area contributed by atoms with Crippen molar-refractivity contribution in [1.82, 2.24) is 10.1 Å². The molecule has 1 aromatic heterocycles. The molecule has 17 heavy (non-hydrogen) atoms. The standard InChI is InChI=1S/C11H18N2O3S/c1-7(2)10-12-9(16-13-10)6-17-5-8(3)11(14)15-4/h7-8H,5-6H2,1-4H3. The molecular weight excluding hydrogens is 240 g/mol. The molecule has 0 saturated heterocycles. The summed E-state index contributed by atoms with van der Waals surface area (Å²) in [5, 5.41) is 3.87. The highest BCUT2D eigenvalue weighted by Gasteiger charge is 2.14. The molecule has 0 radical (unpaired) electrons. The molecule has 0 spiro atoms. The summed E-state index contributed by atoms with van der Waals surface area (Å²) in [6, 6.07) is 0. The molecule has 1 atom stereocenters. The molecule has 5 nitrogen and oxygen atoms in total. The highest BCUT2D eigenvalue weighted by Crippen LogP contribution is 2.17. The highest BCUT2D eigenvalue weighted by atomic mass is 32.2. The topological polar surface area (TPSA) is 65.2 Å². The Hall–Kier alpha value is -1.04. The van der Waals surface area contributed by atoms with E-state index in [-0.39, 0.29) is 17.8 Å². The molecule has 0 N–H and O–H groups in total. The summed E-state index contributed by atoms with van der Waals surface area (Å²) in [5.41, 5.74) is 0. The van der Waals surface area contributed by atoms with Crippen molar-refractivity contribution in [3.05, 3.63) is 11.7 Å². The Balaban J connectivity index is 2.33. The van der Waals surface area contributed by atoms with Crippen LogP contribution in [0.1, 0.15) is 38.4 Å². The predicted molar refractivity (Wildman–Crippen MR) is 65.7 cm³/mol. The minimum Gasteiger partial charge on any atom is -0.469 e. The Morgan fingerprint density at radius 3 is 2.71 bits per heavy atom. The van der Waals surface area contributed by atoms with E-state index in [1.165, 1.54) is 7.11 Å². The Bertz CT molecular complexity index is 365. The number of thioether (sulfide) groups is 1. The third-order valence-electron chi connectivity index (χ3n) is 2.20. The maximum absolute atomic E-state index is 11.2. The van der Waals surface area contributed by atoms with Gasteiger partial charge in [-0.3, -0.25) is 4.79 Å². The van der Waals surface area contributed by atoms with Crippen LogP contribution in [0, 0.1) is 5.92 Å². The van der Waals surface area contributed by atoms with Crippen LogP contribution in [0.15, 0.2) is 4.52 Å². The first kappa shape index (κ1) is 14.0.